The number of carbonyl (C=O) groups excluding carboxylic acids is 1. The third-order valence-electron chi connectivity index (χ3n) is 7.30. The molecule has 1 aromatic heterocycles. The van der Waals surface area contributed by atoms with Crippen LogP contribution in [0.15, 0.2) is 60.7 Å². The normalized spacial score (nSPS) is 15.6. The van der Waals surface area contributed by atoms with Gasteiger partial charge in [0.15, 0.2) is 0 Å². The Kier molecular flexibility index (Phi) is 9.98. The average molecular weight is 518 g/mol. The van der Waals surface area contributed by atoms with Crippen molar-refractivity contribution in [2.75, 3.05) is 26.2 Å². The van der Waals surface area contributed by atoms with E-state index in [2.05, 4.69) is 10.2 Å². The zero-order valence-electron chi connectivity index (χ0n) is 22.4. The van der Waals surface area contributed by atoms with E-state index in [0.717, 1.165) is 47.9 Å². The van der Waals surface area contributed by atoms with Crippen LogP contribution >= 0.6 is 0 Å². The summed E-state index contributed by atoms with van der Waals surface area (Å²) in [7, 11) is -1.63. The minimum atomic E-state index is -1.63. The number of aromatic nitrogens is 2. The lowest BCUT2D eigenvalue weighted by Crippen LogP contribution is -2.51. The number of hydrogen-bond donors (Lipinski definition) is 3. The van der Waals surface area contributed by atoms with Gasteiger partial charge in [0.2, 0.25) is 5.91 Å². The van der Waals surface area contributed by atoms with Crippen molar-refractivity contribution in [1.29, 1.82) is 0 Å². The van der Waals surface area contributed by atoms with Gasteiger partial charge in [-0.1, -0.05) is 69.2 Å². The molecule has 0 unspecified atom stereocenters. The van der Waals surface area contributed by atoms with Crippen LogP contribution in [0.2, 0.25) is 0 Å². The first kappa shape index (κ1) is 27.9. The molecule has 38 heavy (non-hydrogen) atoms. The molecular weight excluding hydrogens is 479 g/mol. The fourth-order valence-electron chi connectivity index (χ4n) is 4.87. The molecule has 1 fully saturated rings. The van der Waals surface area contributed by atoms with Crippen molar-refractivity contribution in [3.8, 4) is 28.3 Å². The highest BCUT2D eigenvalue weighted by molar-refractivity contribution is 6.43. The van der Waals surface area contributed by atoms with E-state index < -0.39 is 13.1 Å². The highest BCUT2D eigenvalue weighted by atomic mass is 16.5. The predicted molar refractivity (Wildman–Crippen MR) is 150 cm³/mol. The number of nitrogens with one attached hydrogen (secondary N) is 1. The predicted octanol–water partition coefficient (Wildman–Crippen LogP) is 3.62. The van der Waals surface area contributed by atoms with E-state index in [1.807, 2.05) is 74.5 Å². The summed E-state index contributed by atoms with van der Waals surface area (Å²) in [6, 6.07) is 19.7. The fraction of sp³-hybridized carbons (Fsp3) is 0.448. The van der Waals surface area contributed by atoms with Crippen LogP contribution in [-0.4, -0.2) is 69.9 Å². The lowest BCUT2D eigenvalue weighted by atomic mass is 9.71. The number of hydrogen-bond acceptors (Lipinski definition) is 6. The Hall–Kier alpha value is -3.14. The summed E-state index contributed by atoms with van der Waals surface area (Å²) in [4.78, 5) is 15.4. The highest BCUT2D eigenvalue weighted by Gasteiger charge is 2.30. The minimum absolute atomic E-state index is 0.0457. The zero-order valence-corrected chi connectivity index (χ0v) is 22.4. The summed E-state index contributed by atoms with van der Waals surface area (Å²) in [5.74, 6) is -0.369. The molecule has 0 spiro atoms. The largest absolute Gasteiger partial charge is 0.492 e. The number of nitrogens with zero attached hydrogens (tertiary/aromatic N) is 3. The molecule has 2 atom stereocenters. The van der Waals surface area contributed by atoms with Crippen molar-refractivity contribution < 1.29 is 19.6 Å². The molecule has 4 rings (SSSR count). The van der Waals surface area contributed by atoms with Gasteiger partial charge in [-0.2, -0.15) is 5.10 Å². The summed E-state index contributed by atoms with van der Waals surface area (Å²) in [6.45, 7) is 7.64. The Morgan fingerprint density at radius 1 is 1.05 bits per heavy atom. The van der Waals surface area contributed by atoms with Gasteiger partial charge in [-0.05, 0) is 55.6 Å². The Labute approximate surface area is 225 Å². The smallest absolute Gasteiger partial charge is 0.475 e. The van der Waals surface area contributed by atoms with Gasteiger partial charge >= 0.3 is 7.12 Å². The number of rotatable bonds is 12. The van der Waals surface area contributed by atoms with Crippen molar-refractivity contribution in [1.82, 2.24) is 20.0 Å². The molecule has 0 radical (unpaired) electrons. The number of likely N-dealkylation sites (tertiary alicyclic amines) is 1. The van der Waals surface area contributed by atoms with Crippen LogP contribution in [0.3, 0.4) is 0 Å². The SMILES string of the molecule is CC[C@@H](C)[C@H](NC(=O)Cn1nc(-c2cccc(OCCN3CCCCC3)c2)cc1-c1ccccc1)B(O)O. The molecule has 1 amide bonds. The minimum Gasteiger partial charge on any atom is -0.492 e. The molecule has 9 heteroatoms. The zero-order chi connectivity index (χ0) is 26.9. The van der Waals surface area contributed by atoms with Gasteiger partial charge in [0.25, 0.3) is 0 Å². The first-order valence-corrected chi connectivity index (χ1v) is 13.7. The van der Waals surface area contributed by atoms with Crippen LogP contribution in [0.4, 0.5) is 0 Å². The summed E-state index contributed by atoms with van der Waals surface area (Å²) < 4.78 is 7.74. The first-order valence-electron chi connectivity index (χ1n) is 13.7. The second-order valence-corrected chi connectivity index (χ2v) is 10.1. The van der Waals surface area contributed by atoms with E-state index in [0.29, 0.717) is 13.0 Å². The summed E-state index contributed by atoms with van der Waals surface area (Å²) in [5.41, 5.74) is 3.38. The highest BCUT2D eigenvalue weighted by Crippen LogP contribution is 2.28. The second kappa shape index (κ2) is 13.6. The number of benzene rings is 2. The van der Waals surface area contributed by atoms with E-state index in [4.69, 9.17) is 9.84 Å². The molecule has 3 N–H and O–H groups in total. The van der Waals surface area contributed by atoms with Crippen LogP contribution in [0.1, 0.15) is 39.5 Å². The number of ether oxygens (including phenoxy) is 1. The lowest BCUT2D eigenvalue weighted by molar-refractivity contribution is -0.122. The van der Waals surface area contributed by atoms with Crippen LogP contribution in [-0.2, 0) is 11.3 Å². The van der Waals surface area contributed by atoms with E-state index in [1.165, 1.54) is 19.3 Å². The van der Waals surface area contributed by atoms with Gasteiger partial charge in [-0.25, -0.2) is 0 Å². The molecule has 8 nitrogen and oxygen atoms in total. The Morgan fingerprint density at radius 2 is 1.79 bits per heavy atom. The van der Waals surface area contributed by atoms with E-state index in [-0.39, 0.29) is 18.4 Å². The van der Waals surface area contributed by atoms with Crippen molar-refractivity contribution in [2.45, 2.75) is 52.0 Å². The van der Waals surface area contributed by atoms with Gasteiger partial charge in [0.1, 0.15) is 18.9 Å². The van der Waals surface area contributed by atoms with Crippen LogP contribution in [0.5, 0.6) is 5.75 Å². The molecule has 3 aromatic rings. The third kappa shape index (κ3) is 7.46. The van der Waals surface area contributed by atoms with Crippen molar-refractivity contribution in [3.05, 3.63) is 60.7 Å². The monoisotopic (exact) mass is 518 g/mol. The lowest BCUT2D eigenvalue weighted by Gasteiger charge is -2.26. The third-order valence-corrected chi connectivity index (χ3v) is 7.30. The topological polar surface area (TPSA) is 99.9 Å². The summed E-state index contributed by atoms with van der Waals surface area (Å²) in [6.07, 6.45) is 4.55. The maximum Gasteiger partial charge on any atom is 0.475 e. The first-order chi connectivity index (χ1) is 18.4. The molecule has 1 aliphatic rings. The van der Waals surface area contributed by atoms with E-state index >= 15 is 0 Å². The molecule has 202 valence electrons. The van der Waals surface area contributed by atoms with Gasteiger partial charge in [0, 0.05) is 12.1 Å². The molecular formula is C29H39BN4O4. The fourth-order valence-corrected chi connectivity index (χ4v) is 4.87. The Bertz CT molecular complexity index is 1160. The summed E-state index contributed by atoms with van der Waals surface area (Å²) in [5, 5.41) is 27.1. The van der Waals surface area contributed by atoms with Crippen LogP contribution in [0, 0.1) is 5.92 Å². The van der Waals surface area contributed by atoms with E-state index in [1.54, 1.807) is 4.68 Å². The number of carbonyl (C=O) groups is 1. The van der Waals surface area contributed by atoms with Gasteiger partial charge in [-0.15, -0.1) is 0 Å². The number of amides is 1. The molecule has 2 aromatic carbocycles. The molecule has 0 aliphatic carbocycles. The van der Waals surface area contributed by atoms with E-state index in [9.17, 15) is 14.8 Å². The Morgan fingerprint density at radius 3 is 2.50 bits per heavy atom. The Balaban J connectivity index is 1.51. The molecule has 0 saturated carbocycles. The van der Waals surface area contributed by atoms with Gasteiger partial charge in [-0.3, -0.25) is 14.4 Å². The van der Waals surface area contributed by atoms with Crippen molar-refractivity contribution in [2.24, 2.45) is 5.92 Å². The molecule has 1 aliphatic heterocycles. The average Bonchev–Trinajstić information content (AvgIpc) is 3.36. The molecule has 0 bridgehead atoms. The van der Waals surface area contributed by atoms with Gasteiger partial charge in [0.05, 0.1) is 17.3 Å². The maximum atomic E-state index is 13.0. The molecule has 2 heterocycles. The van der Waals surface area contributed by atoms with Crippen molar-refractivity contribution in [3.63, 3.8) is 0 Å². The summed E-state index contributed by atoms with van der Waals surface area (Å²) >= 11 is 0. The van der Waals surface area contributed by atoms with Gasteiger partial charge < -0.3 is 20.1 Å². The van der Waals surface area contributed by atoms with Crippen molar-refractivity contribution >= 4 is 13.0 Å². The second-order valence-electron chi connectivity index (χ2n) is 10.1. The quantitative estimate of drug-likeness (QED) is 0.317. The number of piperidine rings is 1. The standard InChI is InChI=1S/C29H39BN4O4/c1-3-22(2)29(30(36)37)31-28(35)21-34-27(23-11-6-4-7-12-23)20-26(32-34)24-13-10-14-25(19-24)38-18-17-33-15-8-5-9-16-33/h4,6-7,10-14,19-20,22,29,36-37H,3,5,8-9,15-18,21H2,1-2H3,(H,31,35)/t22-,29+/m1/s1. The molecule has 1 saturated heterocycles. The van der Waals surface area contributed by atoms with Crippen LogP contribution < -0.4 is 10.1 Å². The maximum absolute atomic E-state index is 13.0. The van der Waals surface area contributed by atoms with Crippen LogP contribution in [0.25, 0.3) is 22.5 Å².